The van der Waals surface area contributed by atoms with Crippen LogP contribution in [0.5, 0.6) is 0 Å². The number of carbonyl (C=O) groups excluding carboxylic acids is 1. The molecule has 12 heavy (non-hydrogen) atoms. The van der Waals surface area contributed by atoms with Gasteiger partial charge in [-0.3, -0.25) is 0 Å². The molecule has 0 bridgehead atoms. The van der Waals surface area contributed by atoms with Crippen molar-refractivity contribution >= 4 is 6.09 Å². The first-order valence-electron chi connectivity index (χ1n) is 3.85. The van der Waals surface area contributed by atoms with Crippen molar-refractivity contribution in [3.8, 4) is 0 Å². The summed E-state index contributed by atoms with van der Waals surface area (Å²) >= 11 is 0. The first-order chi connectivity index (χ1) is 5.74. The largest absolute Gasteiger partial charge is 0.448 e. The van der Waals surface area contributed by atoms with E-state index in [1.807, 2.05) is 6.92 Å². The summed E-state index contributed by atoms with van der Waals surface area (Å²) in [6.07, 6.45) is -0.370. The molecule has 0 heterocycles. The number of methoxy groups -OCH3 is 1. The molecular weight excluding hydrogens is 162 g/mol. The predicted octanol–water partition coefficient (Wildman–Crippen LogP) is 1.05. The Hall–Kier alpha value is -0.810. The Morgan fingerprint density at radius 2 is 2.17 bits per heavy atom. The van der Waals surface area contributed by atoms with Crippen LogP contribution in [0.15, 0.2) is 0 Å². The molecule has 5 heteroatoms. The summed E-state index contributed by atoms with van der Waals surface area (Å²) in [5.41, 5.74) is 2.10. The maximum Gasteiger partial charge on any atom is 0.431 e. The molecule has 0 saturated carbocycles. The minimum atomic E-state index is -0.604. The van der Waals surface area contributed by atoms with Crippen molar-refractivity contribution in [3.63, 3.8) is 0 Å². The van der Waals surface area contributed by atoms with Gasteiger partial charge in [-0.05, 0) is 13.3 Å². The van der Waals surface area contributed by atoms with E-state index in [1.54, 1.807) is 6.92 Å². The fourth-order valence-electron chi connectivity index (χ4n) is 0.573. The van der Waals surface area contributed by atoms with Crippen LogP contribution in [0.3, 0.4) is 0 Å². The lowest BCUT2D eigenvalue weighted by molar-refractivity contribution is -0.158. The van der Waals surface area contributed by atoms with Gasteiger partial charge < -0.3 is 9.47 Å². The van der Waals surface area contributed by atoms with E-state index in [0.29, 0.717) is 13.0 Å². The van der Waals surface area contributed by atoms with E-state index in [1.165, 1.54) is 7.11 Å². The van der Waals surface area contributed by atoms with E-state index in [2.05, 4.69) is 10.2 Å². The number of amides is 1. The highest BCUT2D eigenvalue weighted by Crippen LogP contribution is 1.95. The van der Waals surface area contributed by atoms with Gasteiger partial charge in [0.2, 0.25) is 0 Å². The highest BCUT2D eigenvalue weighted by molar-refractivity contribution is 5.65. The van der Waals surface area contributed by atoms with Gasteiger partial charge in [-0.2, -0.15) is 5.48 Å². The smallest absolute Gasteiger partial charge is 0.431 e. The topological polar surface area (TPSA) is 56.8 Å². The molecule has 1 atom stereocenters. The summed E-state index contributed by atoms with van der Waals surface area (Å²) < 4.78 is 9.39. The van der Waals surface area contributed by atoms with Crippen LogP contribution in [0, 0.1) is 0 Å². The molecule has 0 aliphatic heterocycles. The molecule has 0 spiro atoms. The van der Waals surface area contributed by atoms with Crippen molar-refractivity contribution in [2.45, 2.75) is 26.6 Å². The van der Waals surface area contributed by atoms with Crippen molar-refractivity contribution in [2.24, 2.45) is 0 Å². The van der Waals surface area contributed by atoms with Crippen LogP contribution in [-0.4, -0.2) is 26.1 Å². The number of hydroxylamine groups is 1. The molecule has 0 aromatic heterocycles. The average Bonchev–Trinajstić information content (AvgIpc) is 2.07. The lowest BCUT2D eigenvalue weighted by Crippen LogP contribution is -2.30. The Kier molecular flexibility index (Phi) is 6.41. The van der Waals surface area contributed by atoms with E-state index in [4.69, 9.17) is 9.57 Å². The third-order valence-electron chi connectivity index (χ3n) is 1.15. The lowest BCUT2D eigenvalue weighted by atomic mass is 10.5. The quantitative estimate of drug-likeness (QED) is 0.503. The van der Waals surface area contributed by atoms with E-state index in [-0.39, 0.29) is 0 Å². The van der Waals surface area contributed by atoms with Gasteiger partial charge in [0.05, 0.1) is 6.61 Å². The Bertz CT molecular complexity index is 125. The molecular formula is C7H15NO4. The molecule has 0 fully saturated rings. The van der Waals surface area contributed by atoms with E-state index in [0.717, 1.165) is 0 Å². The maximum atomic E-state index is 10.7. The standard InChI is InChI=1S/C7H15NO4/c1-4-6(10-3)12-8-7(9)11-5-2/h6H,4-5H2,1-3H3,(H,8,9). The molecule has 0 aliphatic rings. The summed E-state index contributed by atoms with van der Waals surface area (Å²) in [6.45, 7) is 3.91. The molecule has 1 N–H and O–H groups in total. The maximum absolute atomic E-state index is 10.7. The van der Waals surface area contributed by atoms with Crippen LogP contribution >= 0.6 is 0 Å². The molecule has 1 unspecified atom stereocenters. The van der Waals surface area contributed by atoms with Gasteiger partial charge in [0, 0.05) is 7.11 Å². The minimum absolute atomic E-state index is 0.318. The fourth-order valence-corrected chi connectivity index (χ4v) is 0.573. The van der Waals surface area contributed by atoms with Crippen LogP contribution in [0.4, 0.5) is 4.79 Å². The SMILES string of the molecule is CCOC(=O)NOC(CC)OC. The first kappa shape index (κ1) is 11.2. The summed E-state index contributed by atoms with van der Waals surface area (Å²) in [6, 6.07) is 0. The lowest BCUT2D eigenvalue weighted by Gasteiger charge is -2.13. The summed E-state index contributed by atoms with van der Waals surface area (Å²) in [4.78, 5) is 15.5. The molecule has 0 radical (unpaired) electrons. The second-order valence-electron chi connectivity index (χ2n) is 2.01. The molecule has 5 nitrogen and oxygen atoms in total. The van der Waals surface area contributed by atoms with Crippen molar-refractivity contribution in [1.29, 1.82) is 0 Å². The van der Waals surface area contributed by atoms with Gasteiger partial charge in [-0.15, -0.1) is 0 Å². The number of ether oxygens (including phenoxy) is 2. The number of hydrogen-bond acceptors (Lipinski definition) is 4. The van der Waals surface area contributed by atoms with Gasteiger partial charge in [0.1, 0.15) is 0 Å². The van der Waals surface area contributed by atoms with Crippen LogP contribution in [0.25, 0.3) is 0 Å². The van der Waals surface area contributed by atoms with E-state index < -0.39 is 12.4 Å². The Labute approximate surface area is 71.9 Å². The van der Waals surface area contributed by atoms with Gasteiger partial charge >= 0.3 is 6.09 Å². The van der Waals surface area contributed by atoms with Crippen LogP contribution in [-0.2, 0) is 14.3 Å². The molecule has 1 amide bonds. The van der Waals surface area contributed by atoms with Crippen LogP contribution < -0.4 is 5.48 Å². The fraction of sp³-hybridized carbons (Fsp3) is 0.857. The number of rotatable bonds is 5. The molecule has 0 aromatic rings. The number of carbonyl (C=O) groups is 1. The highest BCUT2D eigenvalue weighted by Gasteiger charge is 2.06. The van der Waals surface area contributed by atoms with E-state index in [9.17, 15) is 4.79 Å². The van der Waals surface area contributed by atoms with Gasteiger partial charge in [0.15, 0.2) is 6.29 Å². The molecule has 0 aliphatic carbocycles. The second kappa shape index (κ2) is 6.87. The van der Waals surface area contributed by atoms with Crippen LogP contribution in [0.1, 0.15) is 20.3 Å². The number of hydrogen-bond donors (Lipinski definition) is 1. The Morgan fingerprint density at radius 1 is 1.50 bits per heavy atom. The van der Waals surface area contributed by atoms with Crippen molar-refractivity contribution in [2.75, 3.05) is 13.7 Å². The molecule has 0 aromatic carbocycles. The van der Waals surface area contributed by atoms with Gasteiger partial charge in [-0.25, -0.2) is 9.63 Å². The van der Waals surface area contributed by atoms with Gasteiger partial charge in [-0.1, -0.05) is 6.92 Å². The second-order valence-corrected chi connectivity index (χ2v) is 2.01. The van der Waals surface area contributed by atoms with Crippen LogP contribution in [0.2, 0.25) is 0 Å². The Balaban J connectivity index is 3.44. The minimum Gasteiger partial charge on any atom is -0.448 e. The highest BCUT2D eigenvalue weighted by atomic mass is 16.8. The molecule has 0 rings (SSSR count). The zero-order chi connectivity index (χ0) is 9.40. The van der Waals surface area contributed by atoms with Crippen molar-refractivity contribution in [1.82, 2.24) is 5.48 Å². The summed E-state index contributed by atoms with van der Waals surface area (Å²) in [7, 11) is 1.50. The van der Waals surface area contributed by atoms with Crippen molar-refractivity contribution < 1.29 is 19.1 Å². The van der Waals surface area contributed by atoms with E-state index >= 15 is 0 Å². The zero-order valence-electron chi connectivity index (χ0n) is 7.62. The first-order valence-corrected chi connectivity index (χ1v) is 3.85. The third kappa shape index (κ3) is 4.92. The van der Waals surface area contributed by atoms with Gasteiger partial charge in [0.25, 0.3) is 0 Å². The zero-order valence-corrected chi connectivity index (χ0v) is 7.62. The predicted molar refractivity (Wildman–Crippen MR) is 42.3 cm³/mol. The summed E-state index contributed by atoms with van der Waals surface area (Å²) in [5, 5.41) is 0. The van der Waals surface area contributed by atoms with Crippen molar-refractivity contribution in [3.05, 3.63) is 0 Å². The molecule has 72 valence electrons. The third-order valence-corrected chi connectivity index (χ3v) is 1.15. The average molecular weight is 177 g/mol. The normalized spacial score (nSPS) is 12.2. The number of nitrogens with one attached hydrogen (secondary N) is 1. The molecule has 0 saturated heterocycles. The summed E-state index contributed by atoms with van der Waals surface area (Å²) in [5.74, 6) is 0. The monoisotopic (exact) mass is 177 g/mol. The Morgan fingerprint density at radius 3 is 2.58 bits per heavy atom.